The lowest BCUT2D eigenvalue weighted by molar-refractivity contribution is -0.142. The number of carboxylic acid groups (broad SMARTS) is 1. The number of carbonyl (C=O) groups is 2. The van der Waals surface area contributed by atoms with E-state index in [4.69, 9.17) is 4.98 Å². The standard InChI is InChI=1S/C23H37N3O3/c1-3-17(4-2)22(27)26-20(23(28)29)13-9-7-5-6-8-12-19-15-14-18-11-10-16-24-21(18)25-19/h14-15,17,20H,3-13,16H2,1-2H3,(H,24,25)(H,26,27)(H,28,29)/t20-/m0/s1. The van der Waals surface area contributed by atoms with Crippen molar-refractivity contribution in [2.75, 3.05) is 11.9 Å². The maximum Gasteiger partial charge on any atom is 0.326 e. The third-order valence-electron chi connectivity index (χ3n) is 5.85. The van der Waals surface area contributed by atoms with E-state index in [1.165, 1.54) is 12.0 Å². The maximum absolute atomic E-state index is 12.1. The Bertz CT molecular complexity index is 659. The van der Waals surface area contributed by atoms with Crippen LogP contribution in [0.5, 0.6) is 0 Å². The van der Waals surface area contributed by atoms with Crippen LogP contribution in [0.1, 0.15) is 82.9 Å². The van der Waals surface area contributed by atoms with Crippen molar-refractivity contribution in [1.82, 2.24) is 10.3 Å². The molecule has 1 amide bonds. The van der Waals surface area contributed by atoms with Gasteiger partial charge in [0.15, 0.2) is 0 Å². The number of aliphatic carboxylic acids is 1. The van der Waals surface area contributed by atoms with Crippen LogP contribution < -0.4 is 10.6 Å². The van der Waals surface area contributed by atoms with Crippen LogP contribution in [0.4, 0.5) is 5.82 Å². The minimum atomic E-state index is -0.934. The molecule has 2 rings (SSSR count). The first-order chi connectivity index (χ1) is 14.0. The highest BCUT2D eigenvalue weighted by molar-refractivity contribution is 5.84. The van der Waals surface area contributed by atoms with E-state index in [0.717, 1.165) is 75.8 Å². The Kier molecular flexibility index (Phi) is 9.95. The number of carboxylic acids is 1. The summed E-state index contributed by atoms with van der Waals surface area (Å²) in [5.41, 5.74) is 2.47. The van der Waals surface area contributed by atoms with Crippen molar-refractivity contribution in [1.29, 1.82) is 0 Å². The van der Waals surface area contributed by atoms with E-state index in [-0.39, 0.29) is 11.8 Å². The maximum atomic E-state index is 12.1. The number of fused-ring (bicyclic) bond motifs is 1. The number of nitrogens with zero attached hydrogens (tertiary/aromatic N) is 1. The third-order valence-corrected chi connectivity index (χ3v) is 5.85. The van der Waals surface area contributed by atoms with E-state index >= 15 is 0 Å². The van der Waals surface area contributed by atoms with Crippen LogP contribution >= 0.6 is 0 Å². The van der Waals surface area contributed by atoms with Gasteiger partial charge in [-0.2, -0.15) is 0 Å². The average molecular weight is 404 g/mol. The fraction of sp³-hybridized carbons (Fsp3) is 0.696. The van der Waals surface area contributed by atoms with Gasteiger partial charge >= 0.3 is 5.97 Å². The largest absolute Gasteiger partial charge is 0.480 e. The fourth-order valence-electron chi connectivity index (χ4n) is 3.90. The Morgan fingerprint density at radius 3 is 2.59 bits per heavy atom. The van der Waals surface area contributed by atoms with Gasteiger partial charge in [0.2, 0.25) is 5.91 Å². The lowest BCUT2D eigenvalue weighted by Crippen LogP contribution is -2.43. The second kappa shape index (κ2) is 12.5. The summed E-state index contributed by atoms with van der Waals surface area (Å²) in [5.74, 6) is -0.0982. The zero-order valence-corrected chi connectivity index (χ0v) is 18.0. The molecule has 1 aromatic heterocycles. The van der Waals surface area contributed by atoms with E-state index in [2.05, 4.69) is 22.8 Å². The summed E-state index contributed by atoms with van der Waals surface area (Å²) in [7, 11) is 0. The van der Waals surface area contributed by atoms with Crippen molar-refractivity contribution in [3.8, 4) is 0 Å². The Morgan fingerprint density at radius 1 is 1.14 bits per heavy atom. The Balaban J connectivity index is 1.61. The predicted octanol–water partition coefficient (Wildman–Crippen LogP) is 4.33. The molecule has 162 valence electrons. The fourth-order valence-corrected chi connectivity index (χ4v) is 3.90. The number of anilines is 1. The van der Waals surface area contributed by atoms with Crippen LogP contribution in [-0.2, 0) is 22.4 Å². The second-order valence-electron chi connectivity index (χ2n) is 8.06. The van der Waals surface area contributed by atoms with Gasteiger partial charge in [0, 0.05) is 18.2 Å². The van der Waals surface area contributed by atoms with Gasteiger partial charge < -0.3 is 15.7 Å². The van der Waals surface area contributed by atoms with Gasteiger partial charge in [0.1, 0.15) is 11.9 Å². The van der Waals surface area contributed by atoms with Crippen LogP contribution in [0.2, 0.25) is 0 Å². The molecule has 29 heavy (non-hydrogen) atoms. The molecule has 1 aromatic rings. The van der Waals surface area contributed by atoms with Gasteiger partial charge in [-0.1, -0.05) is 45.6 Å². The van der Waals surface area contributed by atoms with Crippen molar-refractivity contribution in [3.63, 3.8) is 0 Å². The number of pyridine rings is 1. The summed E-state index contributed by atoms with van der Waals surface area (Å²) in [6.07, 6.45) is 10.4. The van der Waals surface area contributed by atoms with Gasteiger partial charge in [-0.25, -0.2) is 9.78 Å². The number of hydrogen-bond donors (Lipinski definition) is 3. The first-order valence-corrected chi connectivity index (χ1v) is 11.3. The van der Waals surface area contributed by atoms with Crippen LogP contribution in [0, 0.1) is 5.92 Å². The van der Waals surface area contributed by atoms with Gasteiger partial charge in [0.25, 0.3) is 0 Å². The smallest absolute Gasteiger partial charge is 0.326 e. The average Bonchev–Trinajstić information content (AvgIpc) is 2.72. The molecule has 1 atom stereocenters. The molecule has 0 aromatic carbocycles. The summed E-state index contributed by atoms with van der Waals surface area (Å²) >= 11 is 0. The van der Waals surface area contributed by atoms with E-state index in [1.807, 2.05) is 13.8 Å². The van der Waals surface area contributed by atoms with Crippen molar-refractivity contribution in [2.24, 2.45) is 5.92 Å². The van der Waals surface area contributed by atoms with Crippen LogP contribution in [-0.4, -0.2) is 34.6 Å². The molecule has 0 fully saturated rings. The molecule has 0 bridgehead atoms. The van der Waals surface area contributed by atoms with E-state index in [1.54, 1.807) is 0 Å². The second-order valence-corrected chi connectivity index (χ2v) is 8.06. The Labute approximate surface area is 174 Å². The van der Waals surface area contributed by atoms with Crippen LogP contribution in [0.25, 0.3) is 0 Å². The molecule has 0 radical (unpaired) electrons. The first-order valence-electron chi connectivity index (χ1n) is 11.3. The molecule has 0 saturated heterocycles. The summed E-state index contributed by atoms with van der Waals surface area (Å²) in [4.78, 5) is 28.3. The summed E-state index contributed by atoms with van der Waals surface area (Å²) in [5, 5.41) is 15.5. The predicted molar refractivity (Wildman–Crippen MR) is 116 cm³/mol. The number of amides is 1. The molecular formula is C23H37N3O3. The quantitative estimate of drug-likeness (QED) is 0.427. The summed E-state index contributed by atoms with van der Waals surface area (Å²) in [6, 6.07) is 3.58. The molecule has 0 unspecified atom stereocenters. The number of rotatable bonds is 13. The first kappa shape index (κ1) is 23.2. The Morgan fingerprint density at radius 2 is 1.86 bits per heavy atom. The highest BCUT2D eigenvalue weighted by Gasteiger charge is 2.23. The highest BCUT2D eigenvalue weighted by Crippen LogP contribution is 2.20. The number of aromatic nitrogens is 1. The Hall–Kier alpha value is -2.11. The normalized spacial score (nSPS) is 14.2. The van der Waals surface area contributed by atoms with Crippen molar-refractivity contribution in [3.05, 3.63) is 23.4 Å². The third kappa shape index (κ3) is 7.67. The van der Waals surface area contributed by atoms with E-state index < -0.39 is 12.0 Å². The number of aryl methyl sites for hydroxylation is 2. The molecule has 6 nitrogen and oxygen atoms in total. The van der Waals surface area contributed by atoms with Crippen molar-refractivity contribution < 1.29 is 14.7 Å². The van der Waals surface area contributed by atoms with Crippen LogP contribution in [0.15, 0.2) is 12.1 Å². The SMILES string of the molecule is CCC(CC)C(=O)N[C@@H](CCCCCCCc1ccc2c(n1)NCCC2)C(=O)O. The summed E-state index contributed by atoms with van der Waals surface area (Å²) < 4.78 is 0. The highest BCUT2D eigenvalue weighted by atomic mass is 16.4. The van der Waals surface area contributed by atoms with Gasteiger partial charge in [0.05, 0.1) is 0 Å². The lowest BCUT2D eigenvalue weighted by Gasteiger charge is -2.18. The molecule has 2 heterocycles. The van der Waals surface area contributed by atoms with Gasteiger partial charge in [-0.05, 0) is 56.6 Å². The number of nitrogens with one attached hydrogen (secondary N) is 2. The topological polar surface area (TPSA) is 91.3 Å². The number of hydrogen-bond acceptors (Lipinski definition) is 4. The van der Waals surface area contributed by atoms with Crippen molar-refractivity contribution in [2.45, 2.75) is 90.5 Å². The molecule has 0 saturated carbocycles. The minimum Gasteiger partial charge on any atom is -0.480 e. The lowest BCUT2D eigenvalue weighted by atomic mass is 10.0. The van der Waals surface area contributed by atoms with Crippen molar-refractivity contribution >= 4 is 17.7 Å². The van der Waals surface area contributed by atoms with Gasteiger partial charge in [-0.15, -0.1) is 0 Å². The molecule has 1 aliphatic heterocycles. The number of unbranched alkanes of at least 4 members (excludes halogenated alkanes) is 4. The molecule has 1 aliphatic rings. The minimum absolute atomic E-state index is 0.0933. The molecule has 0 aliphatic carbocycles. The summed E-state index contributed by atoms with van der Waals surface area (Å²) in [6.45, 7) is 4.93. The monoisotopic (exact) mass is 403 g/mol. The zero-order valence-electron chi connectivity index (χ0n) is 18.0. The van der Waals surface area contributed by atoms with E-state index in [9.17, 15) is 14.7 Å². The molecule has 3 N–H and O–H groups in total. The zero-order chi connectivity index (χ0) is 21.1. The number of carbonyl (C=O) groups excluding carboxylic acids is 1. The van der Waals surface area contributed by atoms with Crippen LogP contribution in [0.3, 0.4) is 0 Å². The van der Waals surface area contributed by atoms with Gasteiger partial charge in [-0.3, -0.25) is 4.79 Å². The molecule has 6 heteroatoms. The molecular weight excluding hydrogens is 366 g/mol. The van der Waals surface area contributed by atoms with E-state index in [0.29, 0.717) is 6.42 Å². The molecule has 0 spiro atoms.